The number of nitrogens with one attached hydrogen (secondary N) is 1. The van der Waals surface area contributed by atoms with E-state index in [4.69, 9.17) is 26.2 Å². The number of aromatic nitrogens is 4. The third-order valence-electron chi connectivity index (χ3n) is 11.7. The summed E-state index contributed by atoms with van der Waals surface area (Å²) in [6.07, 6.45) is 11.8. The fraction of sp³-hybridized carbons (Fsp3) is 0.447. The number of ether oxygens (including phenoxy) is 1. The van der Waals surface area contributed by atoms with Crippen LogP contribution in [-0.2, 0) is 7.05 Å². The summed E-state index contributed by atoms with van der Waals surface area (Å²) >= 11 is 0. The van der Waals surface area contributed by atoms with Crippen LogP contribution in [-0.4, -0.2) is 85.8 Å². The van der Waals surface area contributed by atoms with Crippen LogP contribution >= 0.6 is 0 Å². The van der Waals surface area contributed by atoms with E-state index in [0.29, 0.717) is 53.5 Å². The number of fused-ring (bicyclic) bond motifs is 7. The molecule has 0 spiro atoms. The number of benzene rings is 3. The number of nitrogens with zero attached hydrogens (tertiary/aromatic N) is 6. The lowest BCUT2D eigenvalue weighted by Crippen LogP contribution is -2.59. The van der Waals surface area contributed by atoms with Crippen molar-refractivity contribution in [3.8, 4) is 35.2 Å². The molecule has 2 N–H and O–H groups in total. The molecule has 6 heterocycles. The molecule has 0 radical (unpaired) electrons. The van der Waals surface area contributed by atoms with Crippen molar-refractivity contribution in [2.45, 2.75) is 68.7 Å². The normalized spacial score (nSPS) is 26.4. The van der Waals surface area contributed by atoms with E-state index in [1.54, 1.807) is 11.7 Å². The standard InChI is InChI=1S/C38H38F3N7O2/c1-4-25-28(40)8-7-21-13-24(49)14-26(29(21)25)30-32(41)34-31(27-18-46(3)45-33(27)30)35(47-17-23-9-11-37(5-2,19-47)44-23)43-36(42-34)50-20-38-10-6-12-48(38)16-22(39)15-38/h1,7-8,13-14,18,22-23,44,49H,5-6,9-12,15-17,19-20H2,2-3H3/t22-,23+,37-,38+/m1/s1. The van der Waals surface area contributed by atoms with Crippen molar-refractivity contribution in [3.63, 3.8) is 0 Å². The maximum absolute atomic E-state index is 17.6. The Hall–Kier alpha value is -4.60. The van der Waals surface area contributed by atoms with Gasteiger partial charge < -0.3 is 20.1 Å². The Morgan fingerprint density at radius 1 is 1.14 bits per heavy atom. The second-order valence-corrected chi connectivity index (χ2v) is 14.7. The SMILES string of the molecule is C#Cc1c(F)ccc2cc(O)cc(-c3c(F)c4nc(OC[C@@]56CCCN5C[C@H](F)C6)nc(N5C[C@@H]6CC[C@](CC)(C5)N6)c4c4cn(C)nc34)c12. The molecular formula is C38H38F3N7O2. The molecule has 5 aromatic rings. The quantitative estimate of drug-likeness (QED) is 0.212. The number of phenolic OH excluding ortho intramolecular Hbond substituents is 1. The first-order valence-electron chi connectivity index (χ1n) is 17.4. The highest BCUT2D eigenvalue weighted by Gasteiger charge is 2.50. The van der Waals surface area contributed by atoms with E-state index in [1.807, 2.05) is 6.20 Å². The predicted molar refractivity (Wildman–Crippen MR) is 186 cm³/mol. The molecule has 9 nitrogen and oxygen atoms in total. The van der Waals surface area contributed by atoms with Crippen LogP contribution in [0.2, 0.25) is 0 Å². The van der Waals surface area contributed by atoms with Crippen molar-refractivity contribution >= 4 is 38.4 Å². The van der Waals surface area contributed by atoms with Crippen molar-refractivity contribution < 1.29 is 23.0 Å². The van der Waals surface area contributed by atoms with Gasteiger partial charge >= 0.3 is 6.01 Å². The summed E-state index contributed by atoms with van der Waals surface area (Å²) in [5, 5.41) is 21.2. The molecule has 0 amide bonds. The first-order chi connectivity index (χ1) is 24.1. The minimum Gasteiger partial charge on any atom is -0.508 e. The van der Waals surface area contributed by atoms with E-state index in [2.05, 4.69) is 28.0 Å². The number of rotatable bonds is 6. The summed E-state index contributed by atoms with van der Waals surface area (Å²) in [6, 6.07) is 5.86. The molecule has 4 fully saturated rings. The number of aryl methyl sites for hydroxylation is 1. The molecule has 0 aliphatic carbocycles. The Morgan fingerprint density at radius 3 is 2.82 bits per heavy atom. The van der Waals surface area contributed by atoms with Gasteiger partial charge in [0.1, 0.15) is 41.2 Å². The molecule has 4 aliphatic rings. The number of piperazine rings is 1. The lowest BCUT2D eigenvalue weighted by Gasteiger charge is -2.42. The predicted octanol–water partition coefficient (Wildman–Crippen LogP) is 5.98. The highest BCUT2D eigenvalue weighted by atomic mass is 19.1. The van der Waals surface area contributed by atoms with Crippen LogP contribution in [0.3, 0.4) is 0 Å². The zero-order valence-corrected chi connectivity index (χ0v) is 28.1. The Kier molecular flexibility index (Phi) is 7.03. The van der Waals surface area contributed by atoms with Crippen molar-refractivity contribution in [2.24, 2.45) is 7.05 Å². The third-order valence-corrected chi connectivity index (χ3v) is 11.7. The number of alkyl halides is 1. The van der Waals surface area contributed by atoms with E-state index in [1.165, 1.54) is 24.3 Å². The van der Waals surface area contributed by atoms with Crippen LogP contribution in [0.5, 0.6) is 11.8 Å². The summed E-state index contributed by atoms with van der Waals surface area (Å²) < 4.78 is 55.4. The molecule has 4 aliphatic heterocycles. The number of anilines is 1. The monoisotopic (exact) mass is 681 g/mol. The number of aromatic hydroxyl groups is 1. The van der Waals surface area contributed by atoms with Gasteiger partial charge in [-0.1, -0.05) is 18.9 Å². The Balaban J connectivity index is 1.30. The summed E-state index contributed by atoms with van der Waals surface area (Å²) in [5.41, 5.74) is -0.0459. The number of phenols is 1. The van der Waals surface area contributed by atoms with Gasteiger partial charge in [-0.3, -0.25) is 9.58 Å². The number of halogens is 3. The molecule has 0 saturated carbocycles. The van der Waals surface area contributed by atoms with E-state index in [9.17, 15) is 9.50 Å². The fourth-order valence-electron chi connectivity index (χ4n) is 9.40. The number of hydrogen-bond donors (Lipinski definition) is 2. The van der Waals surface area contributed by atoms with Gasteiger partial charge in [0.05, 0.1) is 16.5 Å². The molecule has 4 atom stereocenters. The smallest absolute Gasteiger partial charge is 0.319 e. The second-order valence-electron chi connectivity index (χ2n) is 14.7. The average Bonchev–Trinajstić information content (AvgIpc) is 3.84. The summed E-state index contributed by atoms with van der Waals surface area (Å²) in [7, 11) is 1.75. The lowest BCUT2D eigenvalue weighted by atomic mass is 9.91. The molecule has 50 heavy (non-hydrogen) atoms. The Labute approximate surface area is 287 Å². The van der Waals surface area contributed by atoms with Crippen molar-refractivity contribution in [2.75, 3.05) is 37.7 Å². The second kappa shape index (κ2) is 11.2. The van der Waals surface area contributed by atoms with Gasteiger partial charge in [0.2, 0.25) is 0 Å². The molecule has 9 rings (SSSR count). The Bertz CT molecular complexity index is 2270. The van der Waals surface area contributed by atoms with Crippen LogP contribution < -0.4 is 15.0 Å². The molecule has 2 aromatic heterocycles. The molecule has 3 aromatic carbocycles. The van der Waals surface area contributed by atoms with E-state index in [0.717, 1.165) is 38.6 Å². The van der Waals surface area contributed by atoms with Crippen LogP contribution in [0.25, 0.3) is 43.7 Å². The van der Waals surface area contributed by atoms with Gasteiger partial charge in [-0.05, 0) is 67.8 Å². The van der Waals surface area contributed by atoms with E-state index in [-0.39, 0.29) is 57.5 Å². The molecule has 258 valence electrons. The van der Waals surface area contributed by atoms with Crippen LogP contribution in [0.1, 0.15) is 51.0 Å². The average molecular weight is 682 g/mol. The third kappa shape index (κ3) is 4.66. The first kappa shape index (κ1) is 31.4. The maximum atomic E-state index is 17.6. The zero-order valence-electron chi connectivity index (χ0n) is 28.1. The van der Waals surface area contributed by atoms with Gasteiger partial charge in [0, 0.05) is 67.2 Å². The lowest BCUT2D eigenvalue weighted by molar-refractivity contribution is 0.107. The zero-order chi connectivity index (χ0) is 34.5. The van der Waals surface area contributed by atoms with Crippen LogP contribution in [0, 0.1) is 24.0 Å². The topological polar surface area (TPSA) is 91.6 Å². The number of hydrogen-bond acceptors (Lipinski definition) is 8. The number of terminal acetylenes is 1. The van der Waals surface area contributed by atoms with Crippen molar-refractivity contribution in [3.05, 3.63) is 47.7 Å². The highest BCUT2D eigenvalue weighted by Crippen LogP contribution is 2.46. The molecule has 4 saturated heterocycles. The molecule has 2 bridgehead atoms. The Morgan fingerprint density at radius 2 is 2.00 bits per heavy atom. The maximum Gasteiger partial charge on any atom is 0.319 e. The summed E-state index contributed by atoms with van der Waals surface area (Å²) in [4.78, 5) is 14.1. The molecular weight excluding hydrogens is 643 g/mol. The van der Waals surface area contributed by atoms with E-state index >= 15 is 8.78 Å². The first-order valence-corrected chi connectivity index (χ1v) is 17.4. The highest BCUT2D eigenvalue weighted by molar-refractivity contribution is 6.18. The molecule has 12 heteroatoms. The van der Waals surface area contributed by atoms with Crippen LogP contribution in [0.15, 0.2) is 30.5 Å². The summed E-state index contributed by atoms with van der Waals surface area (Å²) in [6.45, 7) is 4.89. The minimum absolute atomic E-state index is 0.0108. The van der Waals surface area contributed by atoms with Gasteiger partial charge in [0.15, 0.2) is 5.82 Å². The molecule has 0 unspecified atom stereocenters. The largest absolute Gasteiger partial charge is 0.508 e. The van der Waals surface area contributed by atoms with Gasteiger partial charge in [0.25, 0.3) is 0 Å². The van der Waals surface area contributed by atoms with Crippen molar-refractivity contribution in [1.29, 1.82) is 0 Å². The van der Waals surface area contributed by atoms with Gasteiger partial charge in [-0.25, -0.2) is 13.2 Å². The van der Waals surface area contributed by atoms with Crippen molar-refractivity contribution in [1.82, 2.24) is 30.0 Å². The minimum atomic E-state index is -0.928. The van der Waals surface area contributed by atoms with Gasteiger partial charge in [-0.15, -0.1) is 6.42 Å². The fourth-order valence-corrected chi connectivity index (χ4v) is 9.40. The summed E-state index contributed by atoms with van der Waals surface area (Å²) in [5.74, 6) is 1.50. The van der Waals surface area contributed by atoms with Gasteiger partial charge in [-0.2, -0.15) is 15.1 Å². The van der Waals surface area contributed by atoms with E-state index < -0.39 is 23.3 Å². The van der Waals surface area contributed by atoms with Crippen LogP contribution in [0.4, 0.5) is 19.0 Å².